The molecule has 2 heterocycles. The van der Waals surface area contributed by atoms with Gasteiger partial charge in [-0.05, 0) is 43.5 Å². The van der Waals surface area contributed by atoms with Crippen molar-refractivity contribution >= 4 is 27.5 Å². The van der Waals surface area contributed by atoms with Gasteiger partial charge >= 0.3 is 0 Å². The Morgan fingerprint density at radius 2 is 1.89 bits per heavy atom. The van der Waals surface area contributed by atoms with Crippen LogP contribution in [0.1, 0.15) is 23.1 Å². The third-order valence-corrected chi connectivity index (χ3v) is 4.79. The Labute approximate surface area is 158 Å². The van der Waals surface area contributed by atoms with E-state index in [9.17, 15) is 5.26 Å². The van der Waals surface area contributed by atoms with Crippen LogP contribution in [0.4, 0.5) is 5.69 Å². The number of pyridine rings is 1. The third-order valence-electron chi connectivity index (χ3n) is 4.79. The van der Waals surface area contributed by atoms with Gasteiger partial charge in [-0.3, -0.25) is 9.67 Å². The van der Waals surface area contributed by atoms with Gasteiger partial charge in [0, 0.05) is 30.1 Å². The SMILES string of the molecule is Cc1ccc2c(NCCCn3ncc4ccc(C)cc43)c(C#N)cnc2c1. The van der Waals surface area contributed by atoms with Crippen LogP contribution >= 0.6 is 0 Å². The van der Waals surface area contributed by atoms with Gasteiger partial charge in [-0.25, -0.2) is 0 Å². The molecule has 5 nitrogen and oxygen atoms in total. The molecule has 0 radical (unpaired) electrons. The first kappa shape index (κ1) is 17.0. The number of nitrogens with zero attached hydrogens (tertiary/aromatic N) is 4. The summed E-state index contributed by atoms with van der Waals surface area (Å²) in [5.74, 6) is 0. The summed E-state index contributed by atoms with van der Waals surface area (Å²) in [5, 5.41) is 19.5. The minimum absolute atomic E-state index is 0.575. The van der Waals surface area contributed by atoms with Gasteiger partial charge in [-0.1, -0.05) is 24.3 Å². The lowest BCUT2D eigenvalue weighted by molar-refractivity contribution is 0.610. The summed E-state index contributed by atoms with van der Waals surface area (Å²) < 4.78 is 2.04. The Bertz CT molecular complexity index is 1170. The van der Waals surface area contributed by atoms with Crippen molar-refractivity contribution in [2.75, 3.05) is 11.9 Å². The Kier molecular flexibility index (Phi) is 4.47. The molecule has 0 aliphatic heterocycles. The summed E-state index contributed by atoms with van der Waals surface area (Å²) in [6.45, 7) is 5.72. The number of aromatic nitrogens is 3. The van der Waals surface area contributed by atoms with E-state index in [1.54, 1.807) is 6.20 Å². The van der Waals surface area contributed by atoms with E-state index in [0.717, 1.165) is 52.6 Å². The summed E-state index contributed by atoms with van der Waals surface area (Å²) in [5.41, 5.74) is 5.91. The Balaban J connectivity index is 1.50. The fourth-order valence-corrected chi connectivity index (χ4v) is 3.38. The summed E-state index contributed by atoms with van der Waals surface area (Å²) in [7, 11) is 0. The number of rotatable bonds is 5. The lowest BCUT2D eigenvalue weighted by atomic mass is 10.1. The second-order valence-electron chi connectivity index (χ2n) is 6.89. The van der Waals surface area contributed by atoms with E-state index < -0.39 is 0 Å². The van der Waals surface area contributed by atoms with Crippen LogP contribution in [0.25, 0.3) is 21.8 Å². The number of hydrogen-bond acceptors (Lipinski definition) is 4. The predicted molar refractivity (Wildman–Crippen MR) is 109 cm³/mol. The van der Waals surface area contributed by atoms with Crippen molar-refractivity contribution in [3.8, 4) is 6.07 Å². The molecule has 0 saturated carbocycles. The molecule has 0 aliphatic rings. The molecule has 0 saturated heterocycles. The molecule has 5 heteroatoms. The van der Waals surface area contributed by atoms with Crippen LogP contribution in [-0.4, -0.2) is 21.3 Å². The Morgan fingerprint density at radius 3 is 2.74 bits per heavy atom. The van der Waals surface area contributed by atoms with E-state index in [1.165, 1.54) is 5.56 Å². The Morgan fingerprint density at radius 1 is 1.07 bits per heavy atom. The van der Waals surface area contributed by atoms with E-state index in [-0.39, 0.29) is 0 Å². The first-order valence-corrected chi connectivity index (χ1v) is 9.11. The molecular formula is C22H21N5. The van der Waals surface area contributed by atoms with Gasteiger partial charge in [0.2, 0.25) is 0 Å². The summed E-state index contributed by atoms with van der Waals surface area (Å²) >= 11 is 0. The zero-order valence-electron chi connectivity index (χ0n) is 15.5. The maximum absolute atomic E-state index is 9.44. The van der Waals surface area contributed by atoms with Gasteiger partial charge in [0.05, 0.1) is 28.5 Å². The molecule has 0 amide bonds. The second-order valence-corrected chi connectivity index (χ2v) is 6.89. The number of anilines is 1. The first-order valence-electron chi connectivity index (χ1n) is 9.11. The highest BCUT2D eigenvalue weighted by atomic mass is 15.3. The molecule has 0 atom stereocenters. The molecular weight excluding hydrogens is 334 g/mol. The van der Waals surface area contributed by atoms with Gasteiger partial charge in [-0.15, -0.1) is 0 Å². The number of nitrogens with one attached hydrogen (secondary N) is 1. The predicted octanol–water partition coefficient (Wildman–Crippen LogP) is 4.58. The van der Waals surface area contributed by atoms with E-state index in [2.05, 4.69) is 52.7 Å². The highest BCUT2D eigenvalue weighted by Crippen LogP contribution is 2.26. The second kappa shape index (κ2) is 7.08. The van der Waals surface area contributed by atoms with Crippen molar-refractivity contribution in [2.45, 2.75) is 26.8 Å². The number of aryl methyl sites for hydroxylation is 3. The van der Waals surface area contributed by atoms with Crippen molar-refractivity contribution in [3.05, 3.63) is 65.5 Å². The normalized spacial score (nSPS) is 11.0. The average Bonchev–Trinajstić information content (AvgIpc) is 3.07. The average molecular weight is 355 g/mol. The molecule has 1 N–H and O–H groups in total. The van der Waals surface area contributed by atoms with Crippen molar-refractivity contribution in [2.24, 2.45) is 0 Å². The van der Waals surface area contributed by atoms with Gasteiger partial charge in [-0.2, -0.15) is 10.4 Å². The van der Waals surface area contributed by atoms with Gasteiger partial charge in [0.25, 0.3) is 0 Å². The highest BCUT2D eigenvalue weighted by molar-refractivity contribution is 5.94. The van der Waals surface area contributed by atoms with E-state index in [1.807, 2.05) is 29.9 Å². The molecule has 27 heavy (non-hydrogen) atoms. The molecule has 2 aromatic carbocycles. The summed E-state index contributed by atoms with van der Waals surface area (Å²) in [6, 6.07) is 14.8. The van der Waals surface area contributed by atoms with Gasteiger partial charge in [0.1, 0.15) is 6.07 Å². The Hall–Kier alpha value is -3.39. The van der Waals surface area contributed by atoms with E-state index >= 15 is 0 Å². The minimum Gasteiger partial charge on any atom is -0.383 e. The zero-order chi connectivity index (χ0) is 18.8. The van der Waals surface area contributed by atoms with Crippen LogP contribution < -0.4 is 5.32 Å². The van der Waals surface area contributed by atoms with Crippen molar-refractivity contribution in [1.29, 1.82) is 5.26 Å². The molecule has 134 valence electrons. The molecule has 0 aliphatic carbocycles. The van der Waals surface area contributed by atoms with E-state index in [4.69, 9.17) is 0 Å². The maximum atomic E-state index is 9.44. The fraction of sp³-hybridized carbons (Fsp3) is 0.227. The van der Waals surface area contributed by atoms with Crippen molar-refractivity contribution in [1.82, 2.24) is 14.8 Å². The topological polar surface area (TPSA) is 66.5 Å². The smallest absolute Gasteiger partial charge is 0.103 e. The molecule has 4 rings (SSSR count). The van der Waals surface area contributed by atoms with Crippen molar-refractivity contribution < 1.29 is 0 Å². The van der Waals surface area contributed by atoms with Gasteiger partial charge < -0.3 is 5.32 Å². The lowest BCUT2D eigenvalue weighted by Gasteiger charge is -2.12. The molecule has 4 aromatic rings. The quantitative estimate of drug-likeness (QED) is 0.532. The summed E-state index contributed by atoms with van der Waals surface area (Å²) in [6.07, 6.45) is 4.47. The van der Waals surface area contributed by atoms with Crippen LogP contribution in [0.3, 0.4) is 0 Å². The standard InChI is InChI=1S/C22H21N5/c1-15-5-7-19-20(10-15)25-13-18(12-23)22(19)24-8-3-9-27-21-11-16(2)4-6-17(21)14-26-27/h4-7,10-11,13-14H,3,8-9H2,1-2H3,(H,24,25). The summed E-state index contributed by atoms with van der Waals surface area (Å²) in [4.78, 5) is 4.41. The largest absolute Gasteiger partial charge is 0.383 e. The lowest BCUT2D eigenvalue weighted by Crippen LogP contribution is -2.09. The van der Waals surface area contributed by atoms with Crippen molar-refractivity contribution in [3.63, 3.8) is 0 Å². The number of fused-ring (bicyclic) bond motifs is 2. The number of hydrogen-bond donors (Lipinski definition) is 1. The fourth-order valence-electron chi connectivity index (χ4n) is 3.38. The van der Waals surface area contributed by atoms with E-state index in [0.29, 0.717) is 5.56 Å². The monoisotopic (exact) mass is 355 g/mol. The van der Waals surface area contributed by atoms with Crippen LogP contribution in [0.5, 0.6) is 0 Å². The van der Waals surface area contributed by atoms with Crippen LogP contribution in [-0.2, 0) is 6.54 Å². The van der Waals surface area contributed by atoms with Crippen LogP contribution in [0.15, 0.2) is 48.8 Å². The molecule has 0 fully saturated rings. The van der Waals surface area contributed by atoms with Crippen LogP contribution in [0, 0.1) is 25.2 Å². The number of benzene rings is 2. The first-order chi connectivity index (χ1) is 13.2. The molecule has 2 aromatic heterocycles. The molecule has 0 unspecified atom stereocenters. The number of nitriles is 1. The third kappa shape index (κ3) is 3.34. The highest BCUT2D eigenvalue weighted by Gasteiger charge is 2.09. The zero-order valence-corrected chi connectivity index (χ0v) is 15.5. The molecule has 0 spiro atoms. The van der Waals surface area contributed by atoms with Gasteiger partial charge in [0.15, 0.2) is 0 Å². The maximum Gasteiger partial charge on any atom is 0.103 e. The molecule has 0 bridgehead atoms. The minimum atomic E-state index is 0.575. The van der Waals surface area contributed by atoms with Crippen LogP contribution in [0.2, 0.25) is 0 Å².